The van der Waals surface area contributed by atoms with Crippen molar-refractivity contribution in [3.05, 3.63) is 0 Å². The lowest BCUT2D eigenvalue weighted by atomic mass is 9.82. The number of carbonyl (C=O) groups excluding carboxylic acids is 1. The summed E-state index contributed by atoms with van der Waals surface area (Å²) >= 11 is 0. The molecule has 5 nitrogen and oxygen atoms in total. The molecule has 1 fully saturated rings. The van der Waals surface area contributed by atoms with Crippen LogP contribution in [0.4, 0.5) is 4.79 Å². The average molecular weight is 299 g/mol. The molecule has 1 aliphatic rings. The van der Waals surface area contributed by atoms with Gasteiger partial charge in [-0.05, 0) is 45.4 Å². The monoisotopic (exact) mass is 299 g/mol. The number of ether oxygens (including phenoxy) is 1. The molecule has 21 heavy (non-hydrogen) atoms. The molecule has 0 bridgehead atoms. The maximum absolute atomic E-state index is 12.4. The zero-order valence-electron chi connectivity index (χ0n) is 13.9. The third kappa shape index (κ3) is 5.56. The molecule has 1 amide bonds. The number of piperidine rings is 1. The van der Waals surface area contributed by atoms with Crippen LogP contribution in [0.3, 0.4) is 0 Å². The van der Waals surface area contributed by atoms with Gasteiger partial charge in [0.25, 0.3) is 0 Å². The van der Waals surface area contributed by atoms with Crippen LogP contribution in [0.1, 0.15) is 60.3 Å². The van der Waals surface area contributed by atoms with E-state index >= 15 is 0 Å². The van der Waals surface area contributed by atoms with Crippen molar-refractivity contribution < 1.29 is 19.4 Å². The first-order chi connectivity index (χ1) is 9.64. The number of rotatable bonds is 4. The highest BCUT2D eigenvalue weighted by atomic mass is 16.6. The highest BCUT2D eigenvalue weighted by Crippen LogP contribution is 2.32. The van der Waals surface area contributed by atoms with Crippen LogP contribution in [0.2, 0.25) is 0 Å². The molecule has 0 spiro atoms. The van der Waals surface area contributed by atoms with Crippen LogP contribution in [0.25, 0.3) is 0 Å². The summed E-state index contributed by atoms with van der Waals surface area (Å²) in [4.78, 5) is 25.1. The second kappa shape index (κ2) is 7.14. The molecule has 1 N–H and O–H groups in total. The molecule has 3 unspecified atom stereocenters. The predicted octanol–water partition coefficient (Wildman–Crippen LogP) is 3.52. The highest BCUT2D eigenvalue weighted by molar-refractivity contribution is 5.69. The van der Waals surface area contributed by atoms with E-state index in [1.165, 1.54) is 0 Å². The first kappa shape index (κ1) is 17.8. The quantitative estimate of drug-likeness (QED) is 0.862. The van der Waals surface area contributed by atoms with Gasteiger partial charge in [-0.1, -0.05) is 20.3 Å². The fourth-order valence-electron chi connectivity index (χ4n) is 2.87. The lowest BCUT2D eigenvalue weighted by Gasteiger charge is -2.42. The summed E-state index contributed by atoms with van der Waals surface area (Å²) in [5, 5.41) is 8.97. The number of carboxylic acid groups (broad SMARTS) is 1. The first-order valence-corrected chi connectivity index (χ1v) is 7.85. The third-order valence-corrected chi connectivity index (χ3v) is 4.15. The molecule has 0 aromatic rings. The van der Waals surface area contributed by atoms with Gasteiger partial charge in [0.15, 0.2) is 0 Å². The van der Waals surface area contributed by atoms with E-state index in [0.717, 1.165) is 19.3 Å². The van der Waals surface area contributed by atoms with Gasteiger partial charge in [-0.2, -0.15) is 0 Å². The summed E-state index contributed by atoms with van der Waals surface area (Å²) < 4.78 is 5.49. The molecular formula is C16H29NO4. The molecule has 1 aliphatic heterocycles. The zero-order valence-corrected chi connectivity index (χ0v) is 13.9. The Hall–Kier alpha value is -1.26. The maximum atomic E-state index is 12.4. The Morgan fingerprint density at radius 1 is 1.38 bits per heavy atom. The van der Waals surface area contributed by atoms with Crippen molar-refractivity contribution >= 4 is 12.1 Å². The number of carboxylic acids is 1. The molecule has 0 radical (unpaired) electrons. The van der Waals surface area contributed by atoms with Crippen molar-refractivity contribution in [2.45, 2.75) is 71.9 Å². The normalized spacial score (nSPS) is 24.5. The maximum Gasteiger partial charge on any atom is 0.410 e. The zero-order chi connectivity index (χ0) is 16.2. The second-order valence-corrected chi connectivity index (χ2v) is 7.11. The van der Waals surface area contributed by atoms with Gasteiger partial charge in [-0.25, -0.2) is 4.79 Å². The molecule has 1 saturated heterocycles. The van der Waals surface area contributed by atoms with Crippen LogP contribution >= 0.6 is 0 Å². The van der Waals surface area contributed by atoms with E-state index in [-0.39, 0.29) is 24.5 Å². The van der Waals surface area contributed by atoms with E-state index < -0.39 is 11.6 Å². The molecule has 1 heterocycles. The van der Waals surface area contributed by atoms with E-state index in [0.29, 0.717) is 12.5 Å². The molecule has 122 valence electrons. The number of amides is 1. The summed E-state index contributed by atoms with van der Waals surface area (Å²) in [5.74, 6) is -0.261. The van der Waals surface area contributed by atoms with Crippen LogP contribution in [-0.2, 0) is 9.53 Å². The molecule has 3 atom stereocenters. The van der Waals surface area contributed by atoms with Gasteiger partial charge in [-0.15, -0.1) is 0 Å². The Morgan fingerprint density at radius 3 is 2.48 bits per heavy atom. The van der Waals surface area contributed by atoms with Crippen molar-refractivity contribution in [1.29, 1.82) is 0 Å². The van der Waals surface area contributed by atoms with Crippen molar-refractivity contribution in [3.63, 3.8) is 0 Å². The van der Waals surface area contributed by atoms with E-state index in [1.807, 2.05) is 20.8 Å². The van der Waals surface area contributed by atoms with E-state index in [4.69, 9.17) is 9.84 Å². The Balaban J connectivity index is 2.78. The van der Waals surface area contributed by atoms with Crippen molar-refractivity contribution in [3.8, 4) is 0 Å². The Labute approximate surface area is 127 Å². The van der Waals surface area contributed by atoms with Crippen molar-refractivity contribution in [2.75, 3.05) is 6.54 Å². The summed E-state index contributed by atoms with van der Waals surface area (Å²) in [5.41, 5.74) is -0.505. The lowest BCUT2D eigenvalue weighted by molar-refractivity contribution is -0.138. The number of hydrogen-bond acceptors (Lipinski definition) is 3. The smallest absolute Gasteiger partial charge is 0.410 e. The van der Waals surface area contributed by atoms with E-state index in [1.54, 1.807) is 4.90 Å². The Kier molecular flexibility index (Phi) is 6.05. The van der Waals surface area contributed by atoms with Crippen molar-refractivity contribution in [1.82, 2.24) is 4.90 Å². The Bertz CT molecular complexity index is 375. The fraction of sp³-hybridized carbons (Fsp3) is 0.875. The minimum atomic E-state index is -0.756. The van der Waals surface area contributed by atoms with Gasteiger partial charge < -0.3 is 14.7 Å². The van der Waals surface area contributed by atoms with Gasteiger partial charge >= 0.3 is 12.1 Å². The van der Waals surface area contributed by atoms with Crippen LogP contribution in [-0.4, -0.2) is 40.3 Å². The van der Waals surface area contributed by atoms with Crippen LogP contribution in [0.15, 0.2) is 0 Å². The summed E-state index contributed by atoms with van der Waals surface area (Å²) in [7, 11) is 0. The molecule has 0 aliphatic carbocycles. The number of carbonyl (C=O) groups is 2. The SMILES string of the molecule is CCC(C)C1CC(CC(=O)O)CCN1C(=O)OC(C)(C)C. The summed E-state index contributed by atoms with van der Waals surface area (Å²) in [6.07, 6.45) is 2.36. The predicted molar refractivity (Wildman–Crippen MR) is 81.2 cm³/mol. The topological polar surface area (TPSA) is 66.8 Å². The number of likely N-dealkylation sites (tertiary alicyclic amines) is 1. The number of nitrogens with zero attached hydrogens (tertiary/aromatic N) is 1. The van der Waals surface area contributed by atoms with E-state index in [9.17, 15) is 9.59 Å². The summed E-state index contributed by atoms with van der Waals surface area (Å²) in [6, 6.07) is 0.0722. The second-order valence-electron chi connectivity index (χ2n) is 7.11. The molecule has 0 aromatic carbocycles. The molecule has 0 aromatic heterocycles. The first-order valence-electron chi connectivity index (χ1n) is 7.85. The summed E-state index contributed by atoms with van der Waals surface area (Å²) in [6.45, 7) is 10.4. The van der Waals surface area contributed by atoms with E-state index in [2.05, 4.69) is 13.8 Å². The van der Waals surface area contributed by atoms with Crippen LogP contribution in [0.5, 0.6) is 0 Å². The standard InChI is InChI=1S/C16H29NO4/c1-6-11(2)13-9-12(10-14(18)19)7-8-17(13)15(20)21-16(3,4)5/h11-13H,6-10H2,1-5H3,(H,18,19). The minimum Gasteiger partial charge on any atom is -0.481 e. The van der Waals surface area contributed by atoms with Gasteiger partial charge in [0.2, 0.25) is 0 Å². The van der Waals surface area contributed by atoms with Crippen LogP contribution in [0, 0.1) is 11.8 Å². The van der Waals surface area contributed by atoms with Crippen LogP contribution < -0.4 is 0 Å². The minimum absolute atomic E-state index is 0.0722. The highest BCUT2D eigenvalue weighted by Gasteiger charge is 2.36. The fourth-order valence-corrected chi connectivity index (χ4v) is 2.87. The molecular weight excluding hydrogens is 270 g/mol. The van der Waals surface area contributed by atoms with Gasteiger partial charge in [-0.3, -0.25) is 4.79 Å². The molecule has 5 heteroatoms. The van der Waals surface area contributed by atoms with Crippen molar-refractivity contribution in [2.24, 2.45) is 11.8 Å². The number of hydrogen-bond donors (Lipinski definition) is 1. The molecule has 1 rings (SSSR count). The third-order valence-electron chi connectivity index (χ3n) is 4.15. The Morgan fingerprint density at radius 2 is 2.00 bits per heavy atom. The average Bonchev–Trinajstić information content (AvgIpc) is 2.34. The number of aliphatic carboxylic acids is 1. The van der Waals surface area contributed by atoms with Gasteiger partial charge in [0.05, 0.1) is 0 Å². The van der Waals surface area contributed by atoms with Gasteiger partial charge in [0, 0.05) is 19.0 Å². The van der Waals surface area contributed by atoms with Gasteiger partial charge in [0.1, 0.15) is 5.60 Å². The molecule has 0 saturated carbocycles. The lowest BCUT2D eigenvalue weighted by Crippen LogP contribution is -2.50. The largest absolute Gasteiger partial charge is 0.481 e.